The number of anilines is 2. The molecule has 0 unspecified atom stereocenters. The summed E-state index contributed by atoms with van der Waals surface area (Å²) in [7, 11) is 1.57. The zero-order valence-electron chi connectivity index (χ0n) is 12.9. The highest BCUT2D eigenvalue weighted by molar-refractivity contribution is 6.31. The topological polar surface area (TPSA) is 70.2 Å². The number of rotatable bonds is 5. The van der Waals surface area contributed by atoms with Gasteiger partial charge in [0.25, 0.3) is 5.91 Å². The number of benzene rings is 2. The molecule has 0 saturated heterocycles. The van der Waals surface area contributed by atoms with Crippen LogP contribution in [0.4, 0.5) is 11.4 Å². The van der Waals surface area contributed by atoms with Crippen LogP contribution in [0.15, 0.2) is 42.5 Å². The first-order chi connectivity index (χ1) is 11.0. The van der Waals surface area contributed by atoms with Crippen molar-refractivity contribution < 1.29 is 9.59 Å². The van der Waals surface area contributed by atoms with Gasteiger partial charge in [-0.3, -0.25) is 9.59 Å². The number of aryl methyl sites for hydroxylation is 1. The maximum Gasteiger partial charge on any atom is 0.251 e. The Balaban J connectivity index is 1.97. The molecule has 0 heterocycles. The Hall–Kier alpha value is -2.53. The smallest absolute Gasteiger partial charge is 0.251 e. The second-order valence-corrected chi connectivity index (χ2v) is 5.46. The maximum atomic E-state index is 12.0. The summed E-state index contributed by atoms with van der Waals surface area (Å²) >= 11 is 5.93. The third-order valence-corrected chi connectivity index (χ3v) is 3.51. The van der Waals surface area contributed by atoms with E-state index in [1.54, 1.807) is 43.4 Å². The van der Waals surface area contributed by atoms with Crippen molar-refractivity contribution in [2.24, 2.45) is 0 Å². The molecule has 2 aromatic carbocycles. The van der Waals surface area contributed by atoms with Crippen molar-refractivity contribution in [1.29, 1.82) is 0 Å². The van der Waals surface area contributed by atoms with Crippen molar-refractivity contribution in [2.75, 3.05) is 24.2 Å². The molecule has 6 heteroatoms. The summed E-state index contributed by atoms with van der Waals surface area (Å²) in [4.78, 5) is 23.6. The van der Waals surface area contributed by atoms with E-state index in [1.165, 1.54) is 0 Å². The molecule has 0 radical (unpaired) electrons. The van der Waals surface area contributed by atoms with E-state index in [9.17, 15) is 9.59 Å². The molecule has 2 amide bonds. The van der Waals surface area contributed by atoms with Crippen molar-refractivity contribution in [3.8, 4) is 0 Å². The Kier molecular flexibility index (Phi) is 5.60. The van der Waals surface area contributed by atoms with Crippen LogP contribution in [0.5, 0.6) is 0 Å². The summed E-state index contributed by atoms with van der Waals surface area (Å²) in [6.07, 6.45) is 0. The van der Waals surface area contributed by atoms with E-state index < -0.39 is 0 Å². The fourth-order valence-electron chi connectivity index (χ4n) is 2.02. The Morgan fingerprint density at radius 2 is 1.91 bits per heavy atom. The van der Waals surface area contributed by atoms with E-state index in [0.29, 0.717) is 22.0 Å². The predicted octanol–water partition coefficient (Wildman–Crippen LogP) is 3.06. The van der Waals surface area contributed by atoms with Crippen LogP contribution in [0.2, 0.25) is 5.02 Å². The Labute approximate surface area is 140 Å². The normalized spacial score (nSPS) is 10.0. The number of hydrogen-bond acceptors (Lipinski definition) is 3. The van der Waals surface area contributed by atoms with Gasteiger partial charge in [-0.25, -0.2) is 0 Å². The Bertz CT molecular complexity index is 732. The standard InChI is InChI=1S/C17H18ClN3O2/c1-11-6-7-13(18)9-15(11)21-16(22)10-20-14-5-3-4-12(8-14)17(23)19-2/h3-9,20H,10H2,1-2H3,(H,19,23)(H,21,22). The highest BCUT2D eigenvalue weighted by Gasteiger charge is 2.07. The fraction of sp³-hybridized carbons (Fsp3) is 0.176. The fourth-order valence-corrected chi connectivity index (χ4v) is 2.19. The van der Waals surface area contributed by atoms with E-state index >= 15 is 0 Å². The van der Waals surface area contributed by atoms with Crippen LogP contribution in [-0.4, -0.2) is 25.4 Å². The van der Waals surface area contributed by atoms with Gasteiger partial charge in [0.1, 0.15) is 0 Å². The first kappa shape index (κ1) is 16.8. The van der Waals surface area contributed by atoms with E-state index in [1.807, 2.05) is 13.0 Å². The van der Waals surface area contributed by atoms with Crippen molar-refractivity contribution >= 4 is 34.8 Å². The number of nitrogens with one attached hydrogen (secondary N) is 3. The predicted molar refractivity (Wildman–Crippen MR) is 93.1 cm³/mol. The van der Waals surface area contributed by atoms with Crippen molar-refractivity contribution in [2.45, 2.75) is 6.92 Å². The molecule has 0 aliphatic carbocycles. The minimum atomic E-state index is -0.194. The van der Waals surface area contributed by atoms with Crippen LogP contribution in [-0.2, 0) is 4.79 Å². The van der Waals surface area contributed by atoms with Gasteiger partial charge in [-0.2, -0.15) is 0 Å². The lowest BCUT2D eigenvalue weighted by Gasteiger charge is -2.11. The molecule has 120 valence electrons. The van der Waals surface area contributed by atoms with Gasteiger partial charge < -0.3 is 16.0 Å². The molecule has 0 fully saturated rings. The molecule has 23 heavy (non-hydrogen) atoms. The van der Waals surface area contributed by atoms with Crippen molar-refractivity contribution in [3.05, 3.63) is 58.6 Å². The summed E-state index contributed by atoms with van der Waals surface area (Å²) in [6.45, 7) is 1.98. The summed E-state index contributed by atoms with van der Waals surface area (Å²) < 4.78 is 0. The van der Waals surface area contributed by atoms with Crippen molar-refractivity contribution in [1.82, 2.24) is 5.32 Å². The summed E-state index contributed by atoms with van der Waals surface area (Å²) in [6, 6.07) is 12.3. The van der Waals surface area contributed by atoms with Gasteiger partial charge in [-0.15, -0.1) is 0 Å². The average Bonchev–Trinajstić information content (AvgIpc) is 2.56. The zero-order valence-corrected chi connectivity index (χ0v) is 13.7. The van der Waals surface area contributed by atoms with E-state index in [0.717, 1.165) is 5.56 Å². The molecule has 2 aromatic rings. The highest BCUT2D eigenvalue weighted by atomic mass is 35.5. The third kappa shape index (κ3) is 4.72. The highest BCUT2D eigenvalue weighted by Crippen LogP contribution is 2.20. The molecule has 0 saturated carbocycles. The van der Waals surface area contributed by atoms with Gasteiger partial charge in [0.2, 0.25) is 5.91 Å². The van der Waals surface area contributed by atoms with Gasteiger partial charge in [0.05, 0.1) is 6.54 Å². The molecule has 3 N–H and O–H groups in total. The van der Waals surface area contributed by atoms with Crippen LogP contribution in [0.25, 0.3) is 0 Å². The number of amides is 2. The largest absolute Gasteiger partial charge is 0.376 e. The van der Waals surface area contributed by atoms with Crippen molar-refractivity contribution in [3.63, 3.8) is 0 Å². The quantitative estimate of drug-likeness (QED) is 0.788. The van der Waals surface area contributed by atoms with E-state index in [-0.39, 0.29) is 18.4 Å². The summed E-state index contributed by atoms with van der Waals surface area (Å²) in [5.41, 5.74) is 2.85. The molecule has 0 bridgehead atoms. The van der Waals surface area contributed by atoms with Crippen LogP contribution in [0.3, 0.4) is 0 Å². The molecule has 5 nitrogen and oxygen atoms in total. The second-order valence-electron chi connectivity index (χ2n) is 5.02. The second kappa shape index (κ2) is 7.65. The molecule has 0 aliphatic rings. The number of hydrogen-bond donors (Lipinski definition) is 3. The van der Waals surface area contributed by atoms with Gasteiger partial charge >= 0.3 is 0 Å². The maximum absolute atomic E-state index is 12.0. The molecular formula is C17H18ClN3O2. The van der Waals surface area contributed by atoms with Gasteiger partial charge in [0, 0.05) is 29.0 Å². The monoisotopic (exact) mass is 331 g/mol. The lowest BCUT2D eigenvalue weighted by atomic mass is 10.2. The first-order valence-corrected chi connectivity index (χ1v) is 7.49. The van der Waals surface area contributed by atoms with Crippen LogP contribution in [0.1, 0.15) is 15.9 Å². The minimum absolute atomic E-state index is 0.0865. The number of carbonyl (C=O) groups excluding carboxylic acids is 2. The number of carbonyl (C=O) groups is 2. The van der Waals surface area contributed by atoms with Gasteiger partial charge in [-0.1, -0.05) is 23.7 Å². The lowest BCUT2D eigenvalue weighted by molar-refractivity contribution is -0.114. The lowest BCUT2D eigenvalue weighted by Crippen LogP contribution is -2.22. The third-order valence-electron chi connectivity index (χ3n) is 3.28. The summed E-state index contributed by atoms with van der Waals surface area (Å²) in [5.74, 6) is -0.367. The summed E-state index contributed by atoms with van der Waals surface area (Å²) in [5, 5.41) is 8.92. The molecular weight excluding hydrogens is 314 g/mol. The van der Waals surface area contributed by atoms with Crippen LogP contribution in [0, 0.1) is 6.92 Å². The number of halogens is 1. The molecule has 0 aromatic heterocycles. The minimum Gasteiger partial charge on any atom is -0.376 e. The SMILES string of the molecule is CNC(=O)c1cccc(NCC(=O)Nc2cc(Cl)ccc2C)c1. The average molecular weight is 332 g/mol. The Morgan fingerprint density at radius 1 is 1.13 bits per heavy atom. The molecule has 0 spiro atoms. The first-order valence-electron chi connectivity index (χ1n) is 7.11. The molecule has 0 aliphatic heterocycles. The van der Waals surface area contributed by atoms with E-state index in [2.05, 4.69) is 16.0 Å². The molecule has 2 rings (SSSR count). The Morgan fingerprint density at radius 3 is 2.65 bits per heavy atom. The zero-order chi connectivity index (χ0) is 16.8. The van der Waals surface area contributed by atoms with Crippen LogP contribution >= 0.6 is 11.6 Å². The van der Waals surface area contributed by atoms with Crippen LogP contribution < -0.4 is 16.0 Å². The molecule has 0 atom stereocenters. The van der Waals surface area contributed by atoms with E-state index in [4.69, 9.17) is 11.6 Å². The van der Waals surface area contributed by atoms with Gasteiger partial charge in [0.15, 0.2) is 0 Å². The van der Waals surface area contributed by atoms with Gasteiger partial charge in [-0.05, 0) is 42.8 Å².